The van der Waals surface area contributed by atoms with Crippen molar-refractivity contribution in [2.45, 2.75) is 31.7 Å². The zero-order valence-electron chi connectivity index (χ0n) is 11.5. The third-order valence-electron chi connectivity index (χ3n) is 4.10. The molecule has 94 valence electrons. The van der Waals surface area contributed by atoms with Gasteiger partial charge in [-0.05, 0) is 44.1 Å². The fourth-order valence-corrected chi connectivity index (χ4v) is 2.74. The average Bonchev–Trinajstić information content (AvgIpc) is 2.79. The zero-order chi connectivity index (χ0) is 12.5. The van der Waals surface area contributed by atoms with Crippen LogP contribution in [-0.2, 0) is 5.54 Å². The minimum Gasteiger partial charge on any atom is -0.314 e. The smallest absolute Gasteiger partial charge is 0.0593 e. The maximum absolute atomic E-state index is 3.49. The van der Waals surface area contributed by atoms with Gasteiger partial charge >= 0.3 is 0 Å². The SMILES string of the molecule is CC(C)c1ccc(C2(N(C)C)CCNC2)cc1. The summed E-state index contributed by atoms with van der Waals surface area (Å²) in [5.41, 5.74) is 3.06. The van der Waals surface area contributed by atoms with Crippen LogP contribution in [0, 0.1) is 0 Å². The molecule has 1 heterocycles. The fourth-order valence-electron chi connectivity index (χ4n) is 2.74. The van der Waals surface area contributed by atoms with Crippen molar-refractivity contribution < 1.29 is 0 Å². The van der Waals surface area contributed by atoms with E-state index in [9.17, 15) is 0 Å². The van der Waals surface area contributed by atoms with E-state index in [-0.39, 0.29) is 5.54 Å². The number of hydrogen-bond acceptors (Lipinski definition) is 2. The Hall–Kier alpha value is -0.860. The van der Waals surface area contributed by atoms with E-state index < -0.39 is 0 Å². The van der Waals surface area contributed by atoms with Gasteiger partial charge in [0, 0.05) is 6.54 Å². The molecule has 0 bridgehead atoms. The highest BCUT2D eigenvalue weighted by Gasteiger charge is 2.37. The quantitative estimate of drug-likeness (QED) is 0.861. The molecule has 1 aromatic rings. The summed E-state index contributed by atoms with van der Waals surface area (Å²) < 4.78 is 0. The molecular weight excluding hydrogens is 208 g/mol. The summed E-state index contributed by atoms with van der Waals surface area (Å²) in [5, 5.41) is 3.49. The minimum absolute atomic E-state index is 0.190. The van der Waals surface area contributed by atoms with Crippen molar-refractivity contribution in [2.75, 3.05) is 27.2 Å². The van der Waals surface area contributed by atoms with Crippen LogP contribution in [0.5, 0.6) is 0 Å². The summed E-state index contributed by atoms with van der Waals surface area (Å²) in [6, 6.07) is 9.18. The second kappa shape index (κ2) is 4.79. The highest BCUT2D eigenvalue weighted by Crippen LogP contribution is 2.33. The summed E-state index contributed by atoms with van der Waals surface area (Å²) >= 11 is 0. The Kier molecular flexibility index (Phi) is 3.55. The molecule has 1 N–H and O–H groups in total. The summed E-state index contributed by atoms with van der Waals surface area (Å²) in [6.07, 6.45) is 1.20. The fraction of sp³-hybridized carbons (Fsp3) is 0.600. The highest BCUT2D eigenvalue weighted by molar-refractivity contribution is 5.31. The lowest BCUT2D eigenvalue weighted by atomic mass is 9.86. The molecule has 1 unspecified atom stereocenters. The molecule has 1 saturated heterocycles. The van der Waals surface area contributed by atoms with Crippen molar-refractivity contribution in [3.05, 3.63) is 35.4 Å². The van der Waals surface area contributed by atoms with Crippen LogP contribution in [-0.4, -0.2) is 32.1 Å². The number of nitrogens with one attached hydrogen (secondary N) is 1. The topological polar surface area (TPSA) is 15.3 Å². The monoisotopic (exact) mass is 232 g/mol. The van der Waals surface area contributed by atoms with Crippen molar-refractivity contribution >= 4 is 0 Å². The first-order valence-corrected chi connectivity index (χ1v) is 6.55. The van der Waals surface area contributed by atoms with Crippen LogP contribution in [0.4, 0.5) is 0 Å². The first-order chi connectivity index (χ1) is 8.06. The summed E-state index contributed by atoms with van der Waals surface area (Å²) in [5.74, 6) is 0.612. The van der Waals surface area contributed by atoms with E-state index in [0.29, 0.717) is 5.92 Å². The molecule has 2 heteroatoms. The van der Waals surface area contributed by atoms with Gasteiger partial charge in [0.2, 0.25) is 0 Å². The van der Waals surface area contributed by atoms with Gasteiger partial charge in [-0.1, -0.05) is 38.1 Å². The summed E-state index contributed by atoms with van der Waals surface area (Å²) in [4.78, 5) is 2.36. The van der Waals surface area contributed by atoms with E-state index in [2.05, 4.69) is 62.4 Å². The predicted molar refractivity (Wildman–Crippen MR) is 73.4 cm³/mol. The second-order valence-corrected chi connectivity index (χ2v) is 5.63. The third-order valence-corrected chi connectivity index (χ3v) is 4.10. The van der Waals surface area contributed by atoms with Crippen molar-refractivity contribution in [3.8, 4) is 0 Å². The van der Waals surface area contributed by atoms with Gasteiger partial charge in [0.1, 0.15) is 0 Å². The van der Waals surface area contributed by atoms with E-state index in [4.69, 9.17) is 0 Å². The van der Waals surface area contributed by atoms with Crippen LogP contribution >= 0.6 is 0 Å². The Balaban J connectivity index is 2.31. The molecule has 2 rings (SSSR count). The number of rotatable bonds is 3. The Labute approximate surface area is 105 Å². The lowest BCUT2D eigenvalue weighted by Crippen LogP contribution is -2.43. The molecule has 1 aliphatic heterocycles. The Morgan fingerprint density at radius 2 is 1.82 bits per heavy atom. The average molecular weight is 232 g/mol. The van der Waals surface area contributed by atoms with Gasteiger partial charge in [-0.15, -0.1) is 0 Å². The van der Waals surface area contributed by atoms with Crippen LogP contribution in [0.1, 0.15) is 37.3 Å². The van der Waals surface area contributed by atoms with E-state index in [1.165, 1.54) is 17.5 Å². The lowest BCUT2D eigenvalue weighted by molar-refractivity contribution is 0.174. The molecule has 0 aromatic heterocycles. The molecule has 0 amide bonds. The molecule has 0 spiro atoms. The lowest BCUT2D eigenvalue weighted by Gasteiger charge is -2.36. The molecule has 0 radical (unpaired) electrons. The largest absolute Gasteiger partial charge is 0.314 e. The Morgan fingerprint density at radius 1 is 1.18 bits per heavy atom. The van der Waals surface area contributed by atoms with Gasteiger partial charge < -0.3 is 5.32 Å². The minimum atomic E-state index is 0.190. The van der Waals surface area contributed by atoms with Gasteiger partial charge in [-0.3, -0.25) is 4.90 Å². The van der Waals surface area contributed by atoms with Crippen molar-refractivity contribution in [3.63, 3.8) is 0 Å². The Bertz CT molecular complexity index is 359. The molecule has 1 atom stereocenters. The zero-order valence-corrected chi connectivity index (χ0v) is 11.5. The molecule has 0 aliphatic carbocycles. The maximum Gasteiger partial charge on any atom is 0.0593 e. The van der Waals surface area contributed by atoms with Gasteiger partial charge in [-0.25, -0.2) is 0 Å². The van der Waals surface area contributed by atoms with E-state index in [1.54, 1.807) is 0 Å². The van der Waals surface area contributed by atoms with Crippen LogP contribution in [0.2, 0.25) is 0 Å². The van der Waals surface area contributed by atoms with Gasteiger partial charge in [0.15, 0.2) is 0 Å². The number of hydrogen-bond donors (Lipinski definition) is 1. The number of nitrogens with zero attached hydrogens (tertiary/aromatic N) is 1. The Morgan fingerprint density at radius 3 is 2.24 bits per heavy atom. The molecule has 2 nitrogen and oxygen atoms in total. The molecule has 0 saturated carbocycles. The number of benzene rings is 1. The first kappa shape index (κ1) is 12.6. The second-order valence-electron chi connectivity index (χ2n) is 5.63. The predicted octanol–water partition coefficient (Wildman–Crippen LogP) is 2.56. The first-order valence-electron chi connectivity index (χ1n) is 6.55. The molecule has 1 fully saturated rings. The van der Waals surface area contributed by atoms with Crippen molar-refractivity contribution in [2.24, 2.45) is 0 Å². The summed E-state index contributed by atoms with van der Waals surface area (Å²) in [6.45, 7) is 6.66. The number of likely N-dealkylation sites (N-methyl/N-ethyl adjacent to an activating group) is 1. The molecule has 1 aliphatic rings. The van der Waals surface area contributed by atoms with Crippen LogP contribution in [0.25, 0.3) is 0 Å². The standard InChI is InChI=1S/C15H24N2/c1-12(2)13-5-7-14(8-6-13)15(17(3)4)9-10-16-11-15/h5-8,12,16H,9-11H2,1-4H3. The van der Waals surface area contributed by atoms with Gasteiger partial charge in [0.05, 0.1) is 5.54 Å². The summed E-state index contributed by atoms with van der Waals surface area (Å²) in [7, 11) is 4.37. The highest BCUT2D eigenvalue weighted by atomic mass is 15.2. The van der Waals surface area contributed by atoms with Gasteiger partial charge in [-0.2, -0.15) is 0 Å². The van der Waals surface area contributed by atoms with Crippen LogP contribution < -0.4 is 5.32 Å². The van der Waals surface area contributed by atoms with E-state index in [1.807, 2.05) is 0 Å². The van der Waals surface area contributed by atoms with E-state index >= 15 is 0 Å². The maximum atomic E-state index is 3.49. The van der Waals surface area contributed by atoms with E-state index in [0.717, 1.165) is 13.1 Å². The van der Waals surface area contributed by atoms with Crippen molar-refractivity contribution in [1.82, 2.24) is 10.2 Å². The van der Waals surface area contributed by atoms with Crippen LogP contribution in [0.3, 0.4) is 0 Å². The van der Waals surface area contributed by atoms with Crippen molar-refractivity contribution in [1.29, 1.82) is 0 Å². The molecular formula is C15H24N2. The van der Waals surface area contributed by atoms with Crippen LogP contribution in [0.15, 0.2) is 24.3 Å². The normalized spacial score (nSPS) is 24.8. The molecule has 17 heavy (non-hydrogen) atoms. The molecule has 1 aromatic carbocycles. The van der Waals surface area contributed by atoms with Gasteiger partial charge in [0.25, 0.3) is 0 Å². The third kappa shape index (κ3) is 2.24.